The van der Waals surface area contributed by atoms with Crippen LogP contribution in [0.4, 0.5) is 4.39 Å². The molecular weight excluding hydrogens is 195 g/mol. The zero-order chi connectivity index (χ0) is 10.9. The van der Waals surface area contributed by atoms with Crippen LogP contribution in [0.25, 0.3) is 0 Å². The Bertz CT molecular complexity index is 361. The number of halogens is 1. The molecule has 0 saturated heterocycles. The summed E-state index contributed by atoms with van der Waals surface area (Å²) in [5.74, 6) is 0.846. The van der Waals surface area contributed by atoms with Gasteiger partial charge in [-0.3, -0.25) is 0 Å². The minimum Gasteiger partial charge on any atom is -0.493 e. The van der Waals surface area contributed by atoms with Crippen molar-refractivity contribution in [1.82, 2.24) is 0 Å². The number of aryl methyl sites for hydroxylation is 1. The molecule has 1 atom stereocenters. The molecule has 1 aliphatic rings. The lowest BCUT2D eigenvalue weighted by Crippen LogP contribution is -2.21. The molecule has 1 aliphatic heterocycles. The van der Waals surface area contributed by atoms with E-state index >= 15 is 0 Å². The van der Waals surface area contributed by atoms with Crippen molar-refractivity contribution in [2.45, 2.75) is 25.4 Å². The number of ether oxygens (including phenoxy) is 1. The van der Waals surface area contributed by atoms with Crippen LogP contribution in [0, 0.1) is 0 Å². The number of aliphatic hydroxyl groups is 1. The smallest absolute Gasteiger partial charge is 0.156 e. The average molecular weight is 210 g/mol. The standard InChI is InChI=1S/C12H15FO2/c1-12(13,8-14)10-4-5-11-9(7-10)3-2-6-15-11/h4-5,7,14H,2-3,6,8H2,1H3. The number of hydrogen-bond acceptors (Lipinski definition) is 2. The number of rotatable bonds is 2. The summed E-state index contributed by atoms with van der Waals surface area (Å²) in [6.07, 6.45) is 1.89. The van der Waals surface area contributed by atoms with E-state index in [1.54, 1.807) is 18.2 Å². The molecule has 0 bridgehead atoms. The molecule has 1 aromatic carbocycles. The van der Waals surface area contributed by atoms with Gasteiger partial charge in [0.25, 0.3) is 0 Å². The first kappa shape index (κ1) is 10.4. The Kier molecular flexibility index (Phi) is 2.65. The van der Waals surface area contributed by atoms with Crippen molar-refractivity contribution in [3.8, 4) is 5.75 Å². The fourth-order valence-electron chi connectivity index (χ4n) is 1.78. The highest BCUT2D eigenvalue weighted by molar-refractivity contribution is 5.40. The lowest BCUT2D eigenvalue weighted by atomic mass is 9.94. The van der Waals surface area contributed by atoms with Crippen molar-refractivity contribution < 1.29 is 14.2 Å². The van der Waals surface area contributed by atoms with Crippen molar-refractivity contribution in [3.05, 3.63) is 29.3 Å². The van der Waals surface area contributed by atoms with Crippen LogP contribution < -0.4 is 4.74 Å². The Morgan fingerprint density at radius 2 is 2.33 bits per heavy atom. The van der Waals surface area contributed by atoms with E-state index in [1.165, 1.54) is 6.92 Å². The van der Waals surface area contributed by atoms with Crippen LogP contribution in [0.15, 0.2) is 18.2 Å². The van der Waals surface area contributed by atoms with E-state index in [2.05, 4.69) is 0 Å². The zero-order valence-electron chi connectivity index (χ0n) is 8.79. The second-order valence-corrected chi connectivity index (χ2v) is 4.13. The summed E-state index contributed by atoms with van der Waals surface area (Å²) in [6.45, 7) is 1.63. The van der Waals surface area contributed by atoms with Gasteiger partial charge in [0.05, 0.1) is 13.2 Å². The maximum atomic E-state index is 13.8. The Morgan fingerprint density at radius 1 is 1.53 bits per heavy atom. The molecule has 0 spiro atoms. The van der Waals surface area contributed by atoms with Crippen LogP contribution >= 0.6 is 0 Å². The van der Waals surface area contributed by atoms with Gasteiger partial charge >= 0.3 is 0 Å². The molecule has 1 N–H and O–H groups in total. The minimum absolute atomic E-state index is 0.493. The van der Waals surface area contributed by atoms with Gasteiger partial charge in [0.1, 0.15) is 5.75 Å². The average Bonchev–Trinajstić information content (AvgIpc) is 2.28. The number of fused-ring (bicyclic) bond motifs is 1. The van der Waals surface area contributed by atoms with Gasteiger partial charge in [-0.05, 0) is 43.0 Å². The summed E-state index contributed by atoms with van der Waals surface area (Å²) in [6, 6.07) is 5.27. The van der Waals surface area contributed by atoms with Crippen LogP contribution in [0.5, 0.6) is 5.75 Å². The molecule has 0 saturated carbocycles. The monoisotopic (exact) mass is 210 g/mol. The molecule has 2 nitrogen and oxygen atoms in total. The van der Waals surface area contributed by atoms with Crippen LogP contribution in [0.2, 0.25) is 0 Å². The molecule has 0 aromatic heterocycles. The highest BCUT2D eigenvalue weighted by Crippen LogP contribution is 2.31. The molecule has 15 heavy (non-hydrogen) atoms. The molecule has 0 amide bonds. The number of aliphatic hydroxyl groups excluding tert-OH is 1. The van der Waals surface area contributed by atoms with E-state index in [1.807, 2.05) is 0 Å². The van der Waals surface area contributed by atoms with E-state index in [4.69, 9.17) is 9.84 Å². The molecule has 1 unspecified atom stereocenters. The van der Waals surface area contributed by atoms with E-state index < -0.39 is 12.3 Å². The van der Waals surface area contributed by atoms with E-state index in [0.29, 0.717) is 5.56 Å². The van der Waals surface area contributed by atoms with Crippen LogP contribution in [0.1, 0.15) is 24.5 Å². The summed E-state index contributed by atoms with van der Waals surface area (Å²) in [7, 11) is 0. The van der Waals surface area contributed by atoms with E-state index in [9.17, 15) is 4.39 Å². The van der Waals surface area contributed by atoms with Gasteiger partial charge < -0.3 is 9.84 Å². The summed E-state index contributed by atoms with van der Waals surface area (Å²) in [4.78, 5) is 0. The first-order chi connectivity index (χ1) is 7.13. The molecule has 1 heterocycles. The largest absolute Gasteiger partial charge is 0.493 e. The predicted octanol–water partition coefficient (Wildman–Crippen LogP) is 2.19. The first-order valence-electron chi connectivity index (χ1n) is 5.19. The van der Waals surface area contributed by atoms with Crippen molar-refractivity contribution >= 4 is 0 Å². The van der Waals surface area contributed by atoms with Gasteiger partial charge in [0.2, 0.25) is 0 Å². The number of hydrogen-bond donors (Lipinski definition) is 1. The molecule has 1 aromatic rings. The topological polar surface area (TPSA) is 29.5 Å². The fourth-order valence-corrected chi connectivity index (χ4v) is 1.78. The highest BCUT2D eigenvalue weighted by atomic mass is 19.1. The van der Waals surface area contributed by atoms with Crippen LogP contribution in [-0.4, -0.2) is 18.3 Å². The third-order valence-electron chi connectivity index (χ3n) is 2.81. The summed E-state index contributed by atoms with van der Waals surface area (Å²) in [5.41, 5.74) is -0.0998. The van der Waals surface area contributed by atoms with Gasteiger partial charge in [-0.1, -0.05) is 6.07 Å². The molecule has 3 heteroatoms. The first-order valence-corrected chi connectivity index (χ1v) is 5.19. The Balaban J connectivity index is 2.36. The van der Waals surface area contributed by atoms with Gasteiger partial charge in [-0.2, -0.15) is 0 Å². The van der Waals surface area contributed by atoms with Crippen LogP contribution in [-0.2, 0) is 12.1 Å². The van der Waals surface area contributed by atoms with Crippen molar-refractivity contribution in [2.75, 3.05) is 13.2 Å². The van der Waals surface area contributed by atoms with Gasteiger partial charge in [0.15, 0.2) is 5.67 Å². The quantitative estimate of drug-likeness (QED) is 0.810. The lowest BCUT2D eigenvalue weighted by Gasteiger charge is -2.22. The molecule has 0 radical (unpaired) electrons. The van der Waals surface area contributed by atoms with E-state index in [0.717, 1.165) is 30.8 Å². The minimum atomic E-state index is -1.66. The fraction of sp³-hybridized carbons (Fsp3) is 0.500. The Morgan fingerprint density at radius 3 is 3.07 bits per heavy atom. The van der Waals surface area contributed by atoms with Crippen molar-refractivity contribution in [2.24, 2.45) is 0 Å². The van der Waals surface area contributed by atoms with Crippen molar-refractivity contribution in [1.29, 1.82) is 0 Å². The third-order valence-corrected chi connectivity index (χ3v) is 2.81. The second-order valence-electron chi connectivity index (χ2n) is 4.13. The molecule has 2 rings (SSSR count). The van der Waals surface area contributed by atoms with Gasteiger partial charge in [0, 0.05) is 0 Å². The number of alkyl halides is 1. The number of benzene rings is 1. The maximum Gasteiger partial charge on any atom is 0.156 e. The molecular formula is C12H15FO2. The second kappa shape index (κ2) is 3.81. The Hall–Kier alpha value is -1.09. The maximum absolute atomic E-state index is 13.8. The molecule has 0 fully saturated rings. The zero-order valence-corrected chi connectivity index (χ0v) is 8.79. The SMILES string of the molecule is CC(F)(CO)c1ccc2c(c1)CCCO2. The van der Waals surface area contributed by atoms with Gasteiger partial charge in [-0.15, -0.1) is 0 Å². The molecule has 82 valence electrons. The lowest BCUT2D eigenvalue weighted by molar-refractivity contribution is 0.0866. The van der Waals surface area contributed by atoms with Crippen LogP contribution in [0.3, 0.4) is 0 Å². The predicted molar refractivity (Wildman–Crippen MR) is 55.8 cm³/mol. The summed E-state index contributed by atoms with van der Waals surface area (Å²) < 4.78 is 19.3. The third kappa shape index (κ3) is 1.97. The van der Waals surface area contributed by atoms with Gasteiger partial charge in [-0.25, -0.2) is 4.39 Å². The summed E-state index contributed by atoms with van der Waals surface area (Å²) >= 11 is 0. The highest BCUT2D eigenvalue weighted by Gasteiger charge is 2.26. The van der Waals surface area contributed by atoms with Crippen molar-refractivity contribution in [3.63, 3.8) is 0 Å². The van der Waals surface area contributed by atoms with E-state index in [-0.39, 0.29) is 0 Å². The Labute approximate surface area is 88.7 Å². The normalized spacial score (nSPS) is 18.9. The summed E-state index contributed by atoms with van der Waals surface area (Å²) in [5, 5.41) is 8.95. The molecule has 0 aliphatic carbocycles.